The average Bonchev–Trinajstić information content (AvgIpc) is 2.78. The Morgan fingerprint density at radius 3 is 0.714 bits per heavy atom. The van der Waals surface area contributed by atoms with Crippen LogP contribution in [0.3, 0.4) is 0 Å². The van der Waals surface area contributed by atoms with E-state index in [0.29, 0.717) is 0 Å². The van der Waals surface area contributed by atoms with Crippen LogP contribution in [-0.4, -0.2) is 92.8 Å². The van der Waals surface area contributed by atoms with E-state index in [1.165, 1.54) is 13.3 Å². The number of carbonyl (C=O) groups is 1. The Hall–Kier alpha value is -2.33. The van der Waals surface area contributed by atoms with Crippen LogP contribution in [-0.2, 0) is 18.1 Å². The van der Waals surface area contributed by atoms with Gasteiger partial charge in [0.1, 0.15) is 0 Å². The van der Waals surface area contributed by atoms with E-state index in [1.54, 1.807) is 0 Å². The molecule has 0 aromatic carbocycles. The fourth-order valence-corrected chi connectivity index (χ4v) is 4.49. The van der Waals surface area contributed by atoms with Gasteiger partial charge in [-0.2, -0.15) is 132 Å². The monoisotopic (exact) mass is 830 g/mol. The standard InChI is InChI=1S/C14F30O4Si/c15-2(16,3(17,18)4(19,20)5(21,22)6(23,24)7(25,26)8(27,28)29)1(45)49(46-12(39,40)9(30,31)32,47-13(41,42)10(33,34)35)48-14(43,44)11(36,37)38. The summed E-state index contributed by atoms with van der Waals surface area (Å²) in [6.07, 6.45) is -58.1. The van der Waals surface area contributed by atoms with Gasteiger partial charge in [-0.05, 0) is 0 Å². The molecule has 0 bridgehead atoms. The van der Waals surface area contributed by atoms with Crippen molar-refractivity contribution in [1.82, 2.24) is 0 Å². The van der Waals surface area contributed by atoms with Crippen molar-refractivity contribution in [2.45, 2.75) is 78.6 Å². The number of alkyl halides is 30. The van der Waals surface area contributed by atoms with Crippen LogP contribution in [0.15, 0.2) is 0 Å². The Kier molecular flexibility index (Phi) is 11.3. The lowest BCUT2D eigenvalue weighted by atomic mass is 9.91. The predicted molar refractivity (Wildman–Crippen MR) is 82.8 cm³/mol. The maximum Gasteiger partial charge on any atom is 0.595 e. The smallest absolute Gasteiger partial charge is 0.300 e. The summed E-state index contributed by atoms with van der Waals surface area (Å²) in [5.74, 6) is -56.6. The number of halogens is 30. The summed E-state index contributed by atoms with van der Waals surface area (Å²) in [7, 11) is -11.0. The van der Waals surface area contributed by atoms with Crippen LogP contribution >= 0.6 is 0 Å². The Bertz CT molecular complexity index is 1130. The number of hydrogen-bond donors (Lipinski definition) is 0. The minimum atomic E-state index is -11.0. The molecule has 0 N–H and O–H groups in total. The van der Waals surface area contributed by atoms with Crippen LogP contribution in [0, 0.1) is 0 Å². The van der Waals surface area contributed by atoms with Crippen molar-refractivity contribution < 1.29 is 150 Å². The fraction of sp³-hybridized carbons (Fsp3) is 0.929. The molecular weight excluding hydrogens is 830 g/mol. The quantitative estimate of drug-likeness (QED) is 0.138. The van der Waals surface area contributed by atoms with Crippen molar-refractivity contribution in [3.8, 4) is 0 Å². The van der Waals surface area contributed by atoms with Crippen molar-refractivity contribution in [2.24, 2.45) is 0 Å². The number of carbonyl (C=O) groups excluding carboxylic acids is 1. The Balaban J connectivity index is 8.28. The van der Waals surface area contributed by atoms with Crippen molar-refractivity contribution in [2.75, 3.05) is 0 Å². The maximum absolute atomic E-state index is 14.3. The van der Waals surface area contributed by atoms with E-state index in [1.807, 2.05) is 0 Å². The van der Waals surface area contributed by atoms with Gasteiger partial charge in [-0.15, -0.1) is 0 Å². The molecule has 0 saturated carbocycles. The van der Waals surface area contributed by atoms with E-state index in [-0.39, 0.29) is 0 Å². The average molecular weight is 830 g/mol. The molecule has 0 aliphatic carbocycles. The molecule has 35 heteroatoms. The number of rotatable bonds is 13. The van der Waals surface area contributed by atoms with Crippen molar-refractivity contribution in [3.05, 3.63) is 0 Å². The zero-order valence-corrected chi connectivity index (χ0v) is 21.5. The van der Waals surface area contributed by atoms with Gasteiger partial charge >= 0.3 is 87.4 Å². The van der Waals surface area contributed by atoms with Crippen molar-refractivity contribution in [1.29, 1.82) is 0 Å². The first kappa shape index (κ1) is 46.7. The minimum absolute atomic E-state index is 1.32. The molecule has 49 heavy (non-hydrogen) atoms. The molecule has 0 atom stereocenters. The molecule has 0 spiro atoms. The second kappa shape index (κ2) is 11.9. The molecule has 0 rings (SSSR count). The molecule has 0 aromatic heterocycles. The van der Waals surface area contributed by atoms with Gasteiger partial charge in [0.05, 0.1) is 0 Å². The highest BCUT2D eigenvalue weighted by atomic mass is 28.4. The molecule has 0 aliphatic rings. The second-order valence-corrected chi connectivity index (χ2v) is 10.4. The molecule has 294 valence electrons. The summed E-state index contributed by atoms with van der Waals surface area (Å²) >= 11 is 0. The first-order valence-corrected chi connectivity index (χ1v) is 11.6. The van der Waals surface area contributed by atoms with Gasteiger partial charge in [0.2, 0.25) is 0 Å². The zero-order valence-electron chi connectivity index (χ0n) is 20.5. The molecule has 0 saturated heterocycles. The summed E-state index contributed by atoms with van der Waals surface area (Å²) in [6.45, 7) is 0. The van der Waals surface area contributed by atoms with Gasteiger partial charge in [-0.3, -0.25) is 4.79 Å². The molecule has 0 aromatic rings. The highest BCUT2D eigenvalue weighted by Gasteiger charge is 2.95. The van der Waals surface area contributed by atoms with Crippen LogP contribution in [0.25, 0.3) is 0 Å². The second-order valence-electron chi connectivity index (χ2n) is 8.18. The third kappa shape index (κ3) is 7.37. The Morgan fingerprint density at radius 2 is 0.510 bits per heavy atom. The Labute approximate surface area is 244 Å². The van der Waals surface area contributed by atoms with Crippen LogP contribution in [0.5, 0.6) is 0 Å². The van der Waals surface area contributed by atoms with E-state index in [4.69, 9.17) is 0 Å². The summed E-state index contributed by atoms with van der Waals surface area (Å²) in [5, 5.41) is -6.54. The first-order valence-electron chi connectivity index (χ1n) is 9.85. The summed E-state index contributed by atoms with van der Waals surface area (Å²) in [6, 6.07) is 0. The van der Waals surface area contributed by atoms with E-state index in [0.717, 1.165) is 0 Å². The topological polar surface area (TPSA) is 44.8 Å². The molecule has 0 aliphatic heterocycles. The normalized spacial score (nSPS) is 16.7. The van der Waals surface area contributed by atoms with Crippen molar-refractivity contribution in [3.63, 3.8) is 0 Å². The fourth-order valence-electron chi connectivity index (χ4n) is 2.18. The van der Waals surface area contributed by atoms with Gasteiger partial charge in [0.25, 0.3) is 5.41 Å². The van der Waals surface area contributed by atoms with Gasteiger partial charge in [-0.1, -0.05) is 0 Å². The SMILES string of the molecule is O=C(C(F)(F)C(F)(F)C(F)(F)C(F)(F)C(F)(F)C(F)(F)C(F)(F)F)[Si](OC(F)(F)C(F)(F)F)(OC(F)(F)C(F)(F)F)OC(F)(F)C(F)(F)F. The van der Waals surface area contributed by atoms with E-state index in [9.17, 15) is 137 Å². The predicted octanol–water partition coefficient (Wildman–Crippen LogP) is 8.92. The minimum Gasteiger partial charge on any atom is -0.300 e. The summed E-state index contributed by atoms with van der Waals surface area (Å²) in [5.41, 5.74) is 0. The van der Waals surface area contributed by atoms with Crippen LogP contribution in [0.2, 0.25) is 0 Å². The molecular formula is C14F30O4Si. The van der Waals surface area contributed by atoms with Crippen LogP contribution in [0.1, 0.15) is 0 Å². The van der Waals surface area contributed by atoms with E-state index in [2.05, 4.69) is 0 Å². The zero-order chi connectivity index (χ0) is 40.7. The molecule has 0 amide bonds. The highest BCUT2D eigenvalue weighted by Crippen LogP contribution is 2.63. The van der Waals surface area contributed by atoms with Crippen LogP contribution in [0.4, 0.5) is 132 Å². The van der Waals surface area contributed by atoms with E-state index >= 15 is 0 Å². The molecule has 0 radical (unpaired) electrons. The van der Waals surface area contributed by atoms with Crippen LogP contribution < -0.4 is 0 Å². The van der Waals surface area contributed by atoms with Gasteiger partial charge in [-0.25, -0.2) is 0 Å². The third-order valence-electron chi connectivity index (χ3n) is 4.67. The molecule has 0 unspecified atom stereocenters. The summed E-state index contributed by atoms with van der Waals surface area (Å²) < 4.78 is 397. The van der Waals surface area contributed by atoms with E-state index < -0.39 is 92.8 Å². The molecule has 4 nitrogen and oxygen atoms in total. The molecule has 0 heterocycles. The first-order chi connectivity index (χ1) is 20.5. The van der Waals surface area contributed by atoms with Gasteiger partial charge < -0.3 is 13.3 Å². The lowest BCUT2D eigenvalue weighted by molar-refractivity contribution is -0.450. The largest absolute Gasteiger partial charge is 0.595 e. The highest BCUT2D eigenvalue weighted by molar-refractivity contribution is 6.93. The number of hydrogen-bond acceptors (Lipinski definition) is 4. The third-order valence-corrected chi connectivity index (χ3v) is 7.11. The van der Waals surface area contributed by atoms with Gasteiger partial charge in [0, 0.05) is 0 Å². The molecule has 0 fully saturated rings. The van der Waals surface area contributed by atoms with Gasteiger partial charge in [0.15, 0.2) is 0 Å². The maximum atomic E-state index is 14.3. The lowest BCUT2D eigenvalue weighted by Crippen LogP contribution is -2.77. The van der Waals surface area contributed by atoms with Crippen molar-refractivity contribution >= 4 is 14.2 Å². The lowest BCUT2D eigenvalue weighted by Gasteiger charge is -2.42. The Morgan fingerprint density at radius 1 is 0.306 bits per heavy atom. The summed E-state index contributed by atoms with van der Waals surface area (Å²) in [4.78, 5) is 11.8.